The Balaban J connectivity index is 1.99. The molecule has 164 valence electrons. The fourth-order valence-corrected chi connectivity index (χ4v) is 6.38. The third kappa shape index (κ3) is 6.99. The van der Waals surface area contributed by atoms with Crippen molar-refractivity contribution in [2.75, 3.05) is 18.9 Å². The third-order valence-electron chi connectivity index (χ3n) is 6.23. The van der Waals surface area contributed by atoms with Gasteiger partial charge in [-0.3, -0.25) is 4.79 Å². The molecule has 0 aromatic heterocycles. The second-order valence-electron chi connectivity index (χ2n) is 9.44. The molecular formula is C21H40N2O4S. The molecule has 2 fully saturated rings. The number of piperidine rings is 1. The summed E-state index contributed by atoms with van der Waals surface area (Å²) in [6.07, 6.45) is 6.26. The van der Waals surface area contributed by atoms with Gasteiger partial charge in [-0.15, -0.1) is 0 Å². The Morgan fingerprint density at radius 1 is 1.11 bits per heavy atom. The van der Waals surface area contributed by atoms with Crippen LogP contribution in [-0.4, -0.2) is 56.3 Å². The number of ether oxygens (including phenoxy) is 1. The van der Waals surface area contributed by atoms with Gasteiger partial charge in [0.25, 0.3) is 0 Å². The molecule has 0 bridgehead atoms. The van der Waals surface area contributed by atoms with Crippen molar-refractivity contribution in [2.24, 2.45) is 17.8 Å². The van der Waals surface area contributed by atoms with E-state index >= 15 is 0 Å². The first-order valence-corrected chi connectivity index (χ1v) is 12.6. The monoisotopic (exact) mass is 416 g/mol. The Morgan fingerprint density at radius 3 is 2.29 bits per heavy atom. The number of amides is 1. The van der Waals surface area contributed by atoms with Crippen molar-refractivity contribution >= 4 is 15.9 Å². The van der Waals surface area contributed by atoms with Gasteiger partial charge in [-0.05, 0) is 56.3 Å². The van der Waals surface area contributed by atoms with Crippen molar-refractivity contribution in [2.45, 2.75) is 91.3 Å². The van der Waals surface area contributed by atoms with Gasteiger partial charge in [0.05, 0.1) is 24.5 Å². The molecule has 1 aliphatic heterocycles. The lowest BCUT2D eigenvalue weighted by Crippen LogP contribution is -2.59. The van der Waals surface area contributed by atoms with Gasteiger partial charge in [-0.25, -0.2) is 13.1 Å². The molecule has 2 atom stereocenters. The minimum atomic E-state index is -3.37. The Morgan fingerprint density at radius 2 is 1.75 bits per heavy atom. The molecule has 1 N–H and O–H groups in total. The van der Waals surface area contributed by atoms with Crippen LogP contribution in [0.5, 0.6) is 0 Å². The lowest BCUT2D eigenvalue weighted by molar-refractivity contribution is -0.136. The Kier molecular flexibility index (Phi) is 8.77. The van der Waals surface area contributed by atoms with Gasteiger partial charge in [-0.1, -0.05) is 27.7 Å². The van der Waals surface area contributed by atoms with Gasteiger partial charge in [0, 0.05) is 19.5 Å². The number of hydrogen-bond acceptors (Lipinski definition) is 4. The van der Waals surface area contributed by atoms with Crippen LogP contribution >= 0.6 is 0 Å². The first-order valence-electron chi connectivity index (χ1n) is 11.0. The van der Waals surface area contributed by atoms with Gasteiger partial charge >= 0.3 is 0 Å². The molecule has 0 radical (unpaired) electrons. The van der Waals surface area contributed by atoms with Gasteiger partial charge in [-0.2, -0.15) is 0 Å². The largest absolute Gasteiger partial charge is 0.376 e. The Bertz CT molecular complexity index is 598. The highest BCUT2D eigenvalue weighted by molar-refractivity contribution is 7.89. The van der Waals surface area contributed by atoms with Crippen LogP contribution in [0, 0.1) is 17.8 Å². The van der Waals surface area contributed by atoms with E-state index in [4.69, 9.17) is 4.74 Å². The number of hydrogen-bond donors (Lipinski definition) is 1. The van der Waals surface area contributed by atoms with Crippen LogP contribution < -0.4 is 4.72 Å². The van der Waals surface area contributed by atoms with Gasteiger partial charge in [0.1, 0.15) is 0 Å². The summed E-state index contributed by atoms with van der Waals surface area (Å²) in [5.41, 5.74) is 0. The normalized spacial score (nSPS) is 29.5. The minimum Gasteiger partial charge on any atom is -0.376 e. The maximum absolute atomic E-state index is 12.5. The summed E-state index contributed by atoms with van der Waals surface area (Å²) in [5.74, 6) is 1.66. The molecule has 1 saturated heterocycles. The van der Waals surface area contributed by atoms with Gasteiger partial charge in [0.2, 0.25) is 15.9 Å². The van der Waals surface area contributed by atoms with Crippen LogP contribution in [0.25, 0.3) is 0 Å². The number of likely N-dealkylation sites (tertiary alicyclic amines) is 1. The average molecular weight is 417 g/mol. The molecule has 0 aromatic carbocycles. The lowest BCUT2D eigenvalue weighted by atomic mass is 9.80. The highest BCUT2D eigenvalue weighted by Gasteiger charge is 2.36. The summed E-state index contributed by atoms with van der Waals surface area (Å²) >= 11 is 0. The molecule has 1 saturated carbocycles. The predicted octanol–water partition coefficient (Wildman–Crippen LogP) is 3.17. The zero-order valence-corrected chi connectivity index (χ0v) is 19.1. The van der Waals surface area contributed by atoms with E-state index in [1.807, 2.05) is 13.8 Å². The second kappa shape index (κ2) is 10.4. The summed E-state index contributed by atoms with van der Waals surface area (Å²) in [4.78, 5) is 14.0. The molecule has 2 rings (SSSR count). The van der Waals surface area contributed by atoms with Crippen LogP contribution in [-0.2, 0) is 19.6 Å². The molecule has 1 heterocycles. The second-order valence-corrected chi connectivity index (χ2v) is 11.2. The fourth-order valence-electron chi connectivity index (χ4n) is 4.67. The average Bonchev–Trinajstić information content (AvgIpc) is 2.59. The molecular weight excluding hydrogens is 376 g/mol. The van der Waals surface area contributed by atoms with Crippen molar-refractivity contribution < 1.29 is 17.9 Å². The van der Waals surface area contributed by atoms with Crippen molar-refractivity contribution in [3.05, 3.63) is 0 Å². The summed E-state index contributed by atoms with van der Waals surface area (Å²) in [6.45, 7) is 11.0. The van der Waals surface area contributed by atoms with Crippen LogP contribution in [0.3, 0.4) is 0 Å². The van der Waals surface area contributed by atoms with Crippen molar-refractivity contribution in [3.8, 4) is 0 Å². The zero-order chi connectivity index (χ0) is 20.9. The quantitative estimate of drug-likeness (QED) is 0.659. The third-order valence-corrected chi connectivity index (χ3v) is 8.00. The van der Waals surface area contributed by atoms with E-state index in [0.29, 0.717) is 19.1 Å². The molecule has 0 aromatic rings. The SMILES string of the molecule is CC(=O)N1CCC[C@H](NS(=O)(=O)CC(C)C)[C@@H]1CO[C@H]1CC[C@@H](C(C)C)CC1. The van der Waals surface area contributed by atoms with E-state index in [-0.39, 0.29) is 35.8 Å². The van der Waals surface area contributed by atoms with Crippen LogP contribution in [0.2, 0.25) is 0 Å². The molecule has 6 nitrogen and oxygen atoms in total. The molecule has 1 aliphatic carbocycles. The van der Waals surface area contributed by atoms with E-state index < -0.39 is 10.0 Å². The molecule has 7 heteroatoms. The number of rotatable bonds is 8. The summed E-state index contributed by atoms with van der Waals surface area (Å²) < 4.78 is 34.1. The predicted molar refractivity (Wildman–Crippen MR) is 112 cm³/mol. The Labute approximate surface area is 171 Å². The smallest absolute Gasteiger partial charge is 0.219 e. The van der Waals surface area contributed by atoms with Crippen molar-refractivity contribution in [1.29, 1.82) is 0 Å². The highest BCUT2D eigenvalue weighted by atomic mass is 32.2. The van der Waals surface area contributed by atoms with Crippen LogP contribution in [0.15, 0.2) is 0 Å². The van der Waals surface area contributed by atoms with Gasteiger partial charge < -0.3 is 9.64 Å². The number of carbonyl (C=O) groups excluding carboxylic acids is 1. The summed E-state index contributed by atoms with van der Waals surface area (Å²) in [7, 11) is -3.37. The number of nitrogens with one attached hydrogen (secondary N) is 1. The van der Waals surface area contributed by atoms with E-state index in [1.165, 1.54) is 12.8 Å². The standard InChI is InChI=1S/C21H40N2O4S/c1-15(2)14-28(25,26)22-20-7-6-12-23(17(5)24)21(20)13-27-19-10-8-18(9-11-19)16(3)4/h15-16,18-22H,6-14H2,1-5H3/t18-,19+,20-,21-/m0/s1. The maximum atomic E-state index is 12.5. The van der Waals surface area contributed by atoms with Crippen molar-refractivity contribution in [1.82, 2.24) is 9.62 Å². The van der Waals surface area contributed by atoms with E-state index in [0.717, 1.165) is 31.6 Å². The summed E-state index contributed by atoms with van der Waals surface area (Å²) in [6, 6.07) is -0.496. The maximum Gasteiger partial charge on any atom is 0.219 e. The Hall–Kier alpha value is -0.660. The van der Waals surface area contributed by atoms with E-state index in [1.54, 1.807) is 11.8 Å². The lowest BCUT2D eigenvalue weighted by Gasteiger charge is -2.42. The first kappa shape index (κ1) is 23.6. The van der Waals surface area contributed by atoms with E-state index in [2.05, 4.69) is 18.6 Å². The van der Waals surface area contributed by atoms with Crippen LogP contribution in [0.1, 0.15) is 73.1 Å². The zero-order valence-electron chi connectivity index (χ0n) is 18.3. The molecule has 0 unspecified atom stereocenters. The molecule has 28 heavy (non-hydrogen) atoms. The minimum absolute atomic E-state index is 0.00938. The number of nitrogens with zero attached hydrogens (tertiary/aromatic N) is 1. The summed E-state index contributed by atoms with van der Waals surface area (Å²) in [5, 5.41) is 0. The number of sulfonamides is 1. The molecule has 2 aliphatic rings. The van der Waals surface area contributed by atoms with Crippen LogP contribution in [0.4, 0.5) is 0 Å². The first-order chi connectivity index (χ1) is 13.1. The van der Waals surface area contributed by atoms with Crippen molar-refractivity contribution in [3.63, 3.8) is 0 Å². The molecule has 0 spiro atoms. The number of carbonyl (C=O) groups is 1. The molecule has 1 amide bonds. The highest BCUT2D eigenvalue weighted by Crippen LogP contribution is 2.31. The fraction of sp³-hybridized carbons (Fsp3) is 0.952. The van der Waals surface area contributed by atoms with Gasteiger partial charge in [0.15, 0.2) is 0 Å². The topological polar surface area (TPSA) is 75.7 Å². The van der Waals surface area contributed by atoms with E-state index in [9.17, 15) is 13.2 Å².